The van der Waals surface area contributed by atoms with E-state index in [2.05, 4.69) is 27.5 Å². The summed E-state index contributed by atoms with van der Waals surface area (Å²) in [4.78, 5) is 3.78. The molecule has 1 N–H and O–H groups in total. The Kier molecular flexibility index (Phi) is 3.96. The molecule has 0 aromatic carbocycles. The molecule has 2 heterocycles. The first-order valence-electron chi connectivity index (χ1n) is 6.73. The van der Waals surface area contributed by atoms with Gasteiger partial charge in [0.25, 0.3) is 0 Å². The first kappa shape index (κ1) is 12.8. The van der Waals surface area contributed by atoms with Crippen molar-refractivity contribution in [1.82, 2.24) is 14.7 Å². The third-order valence-electron chi connectivity index (χ3n) is 3.40. The van der Waals surface area contributed by atoms with E-state index < -0.39 is 0 Å². The zero-order valence-electron chi connectivity index (χ0n) is 10.9. The average Bonchev–Trinajstić information content (AvgIpc) is 2.87. The summed E-state index contributed by atoms with van der Waals surface area (Å²) >= 11 is 1.79. The molecule has 0 spiro atoms. The van der Waals surface area contributed by atoms with Crippen molar-refractivity contribution in [2.24, 2.45) is 0 Å². The molecule has 1 aliphatic rings. The summed E-state index contributed by atoms with van der Waals surface area (Å²) in [5, 5.41) is 16.4. The Labute approximate surface area is 117 Å². The van der Waals surface area contributed by atoms with E-state index in [0.717, 1.165) is 13.1 Å². The van der Waals surface area contributed by atoms with Crippen LogP contribution in [0.25, 0.3) is 0 Å². The van der Waals surface area contributed by atoms with Gasteiger partial charge in [-0.3, -0.25) is 9.58 Å². The predicted octanol–water partition coefficient (Wildman–Crippen LogP) is 1.97. The lowest BCUT2D eigenvalue weighted by atomic mass is 10.3. The van der Waals surface area contributed by atoms with E-state index in [4.69, 9.17) is 0 Å². The largest absolute Gasteiger partial charge is 0.390 e. The standard InChI is InChI=1S/C14H19N3OS/c18-13(10-17-7-2-6-15-17)9-16(12-4-5-12)11-14-3-1-8-19-14/h1-3,6-8,12-13,18H,4-5,9-11H2/t13-/m0/s1. The van der Waals surface area contributed by atoms with Gasteiger partial charge in [0.05, 0.1) is 12.6 Å². The van der Waals surface area contributed by atoms with Crippen LogP contribution in [-0.2, 0) is 13.1 Å². The highest BCUT2D eigenvalue weighted by Crippen LogP contribution is 2.29. The lowest BCUT2D eigenvalue weighted by molar-refractivity contribution is 0.0880. The zero-order valence-corrected chi connectivity index (χ0v) is 11.7. The fourth-order valence-electron chi connectivity index (χ4n) is 2.34. The number of aliphatic hydroxyl groups is 1. The SMILES string of the molecule is O[C@@H](CN(Cc1cccs1)C1CC1)Cn1cccn1. The molecule has 1 saturated carbocycles. The van der Waals surface area contributed by atoms with Crippen molar-refractivity contribution in [2.45, 2.75) is 38.1 Å². The number of hydrogen-bond donors (Lipinski definition) is 1. The van der Waals surface area contributed by atoms with Crippen LogP contribution in [0.15, 0.2) is 36.0 Å². The number of hydrogen-bond acceptors (Lipinski definition) is 4. The number of rotatable bonds is 7. The van der Waals surface area contributed by atoms with Crippen molar-refractivity contribution < 1.29 is 5.11 Å². The monoisotopic (exact) mass is 277 g/mol. The molecule has 0 radical (unpaired) electrons. The van der Waals surface area contributed by atoms with Crippen molar-refractivity contribution >= 4 is 11.3 Å². The van der Waals surface area contributed by atoms with Gasteiger partial charge in [0.2, 0.25) is 0 Å². The van der Waals surface area contributed by atoms with Crippen LogP contribution in [-0.4, -0.2) is 38.5 Å². The lowest BCUT2D eigenvalue weighted by Gasteiger charge is -2.24. The fourth-order valence-corrected chi connectivity index (χ4v) is 3.07. The van der Waals surface area contributed by atoms with Gasteiger partial charge in [-0.25, -0.2) is 0 Å². The average molecular weight is 277 g/mol. The third-order valence-corrected chi connectivity index (χ3v) is 4.27. The van der Waals surface area contributed by atoms with Crippen LogP contribution in [0.1, 0.15) is 17.7 Å². The lowest BCUT2D eigenvalue weighted by Crippen LogP contribution is -2.35. The maximum absolute atomic E-state index is 10.2. The second kappa shape index (κ2) is 5.86. The molecule has 1 atom stereocenters. The van der Waals surface area contributed by atoms with Crippen LogP contribution in [0, 0.1) is 0 Å². The molecular formula is C14H19N3OS. The van der Waals surface area contributed by atoms with E-state index in [1.165, 1.54) is 17.7 Å². The molecule has 2 aromatic heterocycles. The Bertz CT molecular complexity index is 479. The van der Waals surface area contributed by atoms with Gasteiger partial charge in [0.15, 0.2) is 0 Å². The number of aliphatic hydroxyl groups excluding tert-OH is 1. The van der Waals surface area contributed by atoms with Gasteiger partial charge >= 0.3 is 0 Å². The summed E-state index contributed by atoms with van der Waals surface area (Å²) in [6, 6.07) is 6.80. The Balaban J connectivity index is 1.55. The first-order chi connectivity index (χ1) is 9.31. The van der Waals surface area contributed by atoms with Gasteiger partial charge in [0.1, 0.15) is 0 Å². The molecule has 0 unspecified atom stereocenters. The van der Waals surface area contributed by atoms with Crippen LogP contribution in [0.5, 0.6) is 0 Å². The Morgan fingerprint density at radius 3 is 3.00 bits per heavy atom. The summed E-state index contributed by atoms with van der Waals surface area (Å²) in [7, 11) is 0. The van der Waals surface area contributed by atoms with Crippen LogP contribution in [0.4, 0.5) is 0 Å². The van der Waals surface area contributed by atoms with E-state index in [1.54, 1.807) is 22.2 Å². The minimum Gasteiger partial charge on any atom is -0.390 e. The highest BCUT2D eigenvalue weighted by atomic mass is 32.1. The molecule has 5 heteroatoms. The normalized spacial score (nSPS) is 16.9. The molecule has 4 nitrogen and oxygen atoms in total. The molecule has 1 aliphatic carbocycles. The minimum absolute atomic E-state index is 0.361. The molecule has 0 aliphatic heterocycles. The molecular weight excluding hydrogens is 258 g/mol. The maximum Gasteiger partial charge on any atom is 0.0862 e. The number of nitrogens with zero attached hydrogens (tertiary/aromatic N) is 3. The predicted molar refractivity (Wildman–Crippen MR) is 76.0 cm³/mol. The molecule has 19 heavy (non-hydrogen) atoms. The van der Waals surface area contributed by atoms with Crippen molar-refractivity contribution in [3.63, 3.8) is 0 Å². The maximum atomic E-state index is 10.2. The Morgan fingerprint density at radius 1 is 1.47 bits per heavy atom. The molecule has 102 valence electrons. The van der Waals surface area contributed by atoms with Gasteiger partial charge in [-0.05, 0) is 30.4 Å². The number of aromatic nitrogens is 2. The third kappa shape index (κ3) is 3.65. The summed E-state index contributed by atoms with van der Waals surface area (Å²) < 4.78 is 1.79. The second-order valence-electron chi connectivity index (χ2n) is 5.12. The van der Waals surface area contributed by atoms with E-state index in [-0.39, 0.29) is 6.10 Å². The minimum atomic E-state index is -0.361. The van der Waals surface area contributed by atoms with Crippen molar-refractivity contribution in [3.8, 4) is 0 Å². The first-order valence-corrected chi connectivity index (χ1v) is 7.61. The van der Waals surface area contributed by atoms with E-state index in [1.807, 2.05) is 12.3 Å². The van der Waals surface area contributed by atoms with Crippen molar-refractivity contribution in [1.29, 1.82) is 0 Å². The highest BCUT2D eigenvalue weighted by Gasteiger charge is 2.30. The van der Waals surface area contributed by atoms with Gasteiger partial charge in [-0.1, -0.05) is 6.07 Å². The fraction of sp³-hybridized carbons (Fsp3) is 0.500. The quantitative estimate of drug-likeness (QED) is 0.841. The van der Waals surface area contributed by atoms with E-state index in [0.29, 0.717) is 12.6 Å². The molecule has 0 amide bonds. The topological polar surface area (TPSA) is 41.3 Å². The van der Waals surface area contributed by atoms with Crippen LogP contribution < -0.4 is 0 Å². The molecule has 2 aromatic rings. The highest BCUT2D eigenvalue weighted by molar-refractivity contribution is 7.09. The summed E-state index contributed by atoms with van der Waals surface area (Å²) in [6.07, 6.45) is 5.81. The Hall–Kier alpha value is -1.17. The van der Waals surface area contributed by atoms with Crippen LogP contribution in [0.2, 0.25) is 0 Å². The molecule has 0 saturated heterocycles. The second-order valence-corrected chi connectivity index (χ2v) is 6.15. The van der Waals surface area contributed by atoms with Gasteiger partial charge in [-0.2, -0.15) is 5.10 Å². The summed E-state index contributed by atoms with van der Waals surface area (Å²) in [5.41, 5.74) is 0. The molecule has 0 bridgehead atoms. The van der Waals surface area contributed by atoms with E-state index in [9.17, 15) is 5.11 Å². The van der Waals surface area contributed by atoms with Gasteiger partial charge < -0.3 is 5.11 Å². The molecule has 1 fully saturated rings. The number of thiophene rings is 1. The van der Waals surface area contributed by atoms with Crippen molar-refractivity contribution in [3.05, 3.63) is 40.8 Å². The van der Waals surface area contributed by atoms with Crippen LogP contribution >= 0.6 is 11.3 Å². The van der Waals surface area contributed by atoms with Gasteiger partial charge in [-0.15, -0.1) is 11.3 Å². The summed E-state index contributed by atoms with van der Waals surface area (Å²) in [5.74, 6) is 0. The van der Waals surface area contributed by atoms with Crippen molar-refractivity contribution in [2.75, 3.05) is 6.54 Å². The van der Waals surface area contributed by atoms with Gasteiger partial charge in [0, 0.05) is 36.4 Å². The van der Waals surface area contributed by atoms with Crippen LogP contribution in [0.3, 0.4) is 0 Å². The Morgan fingerprint density at radius 2 is 2.37 bits per heavy atom. The zero-order chi connectivity index (χ0) is 13.1. The summed E-state index contributed by atoms with van der Waals surface area (Å²) in [6.45, 7) is 2.25. The molecule has 3 rings (SSSR count). The smallest absolute Gasteiger partial charge is 0.0862 e. The van der Waals surface area contributed by atoms with E-state index >= 15 is 0 Å².